The van der Waals surface area contributed by atoms with Crippen LogP contribution >= 0.6 is 0 Å². The van der Waals surface area contributed by atoms with E-state index in [0.717, 1.165) is 19.4 Å². The Hall–Kier alpha value is -1.55. The van der Waals surface area contributed by atoms with Crippen LogP contribution in [0.3, 0.4) is 0 Å². The van der Waals surface area contributed by atoms with Crippen LogP contribution in [0.1, 0.15) is 43.4 Å². The summed E-state index contributed by atoms with van der Waals surface area (Å²) >= 11 is 0. The number of oxime groups is 1. The quantitative estimate of drug-likeness (QED) is 0.319. The van der Waals surface area contributed by atoms with Crippen molar-refractivity contribution in [2.75, 3.05) is 6.54 Å². The zero-order chi connectivity index (χ0) is 13.9. The number of rotatable bonds is 6. The summed E-state index contributed by atoms with van der Waals surface area (Å²) in [6.45, 7) is 5.23. The second kappa shape index (κ2) is 5.61. The van der Waals surface area contributed by atoms with Gasteiger partial charge in [0.2, 0.25) is 0 Å². The molecule has 104 valence electrons. The van der Waals surface area contributed by atoms with E-state index in [9.17, 15) is 0 Å². The van der Waals surface area contributed by atoms with Crippen molar-refractivity contribution in [1.82, 2.24) is 5.32 Å². The van der Waals surface area contributed by atoms with Crippen LogP contribution in [0, 0.1) is 12.3 Å². The standard InChI is InChI=1S/C15H23N3O/c1-11-5-3-4-6-13(11)12(2)17-10-15(7-8-15)9-14(16)18-19/h3-6,12,17,19H,7-10H2,1-2H3,(H2,16,18)/t12-/m1/s1. The first-order valence-corrected chi connectivity index (χ1v) is 6.82. The van der Waals surface area contributed by atoms with Crippen LogP contribution in [0.15, 0.2) is 29.4 Å². The Morgan fingerprint density at radius 3 is 2.74 bits per heavy atom. The van der Waals surface area contributed by atoms with Crippen molar-refractivity contribution >= 4 is 5.84 Å². The molecule has 0 unspecified atom stereocenters. The first-order chi connectivity index (χ1) is 9.06. The number of nitrogens with zero attached hydrogens (tertiary/aromatic N) is 1. The van der Waals surface area contributed by atoms with Crippen LogP contribution in [-0.2, 0) is 0 Å². The molecule has 19 heavy (non-hydrogen) atoms. The van der Waals surface area contributed by atoms with Crippen molar-refractivity contribution < 1.29 is 5.21 Å². The fourth-order valence-electron chi connectivity index (χ4n) is 2.56. The third kappa shape index (κ3) is 3.47. The summed E-state index contributed by atoms with van der Waals surface area (Å²) in [4.78, 5) is 0. The third-order valence-electron chi connectivity index (χ3n) is 4.08. The average molecular weight is 261 g/mol. The Bertz CT molecular complexity index is 466. The second-order valence-electron chi connectivity index (χ2n) is 5.73. The molecule has 1 aromatic carbocycles. The molecule has 2 rings (SSSR count). The zero-order valence-electron chi connectivity index (χ0n) is 11.7. The zero-order valence-corrected chi connectivity index (χ0v) is 11.7. The molecule has 0 saturated heterocycles. The molecule has 0 radical (unpaired) electrons. The predicted octanol–water partition coefficient (Wildman–Crippen LogP) is 2.56. The minimum atomic E-state index is 0.202. The molecule has 0 amide bonds. The summed E-state index contributed by atoms with van der Waals surface area (Å²) in [5.41, 5.74) is 8.46. The molecule has 1 saturated carbocycles. The maximum Gasteiger partial charge on any atom is 0.139 e. The number of amidine groups is 1. The van der Waals surface area contributed by atoms with Crippen LogP contribution in [0.4, 0.5) is 0 Å². The summed E-state index contributed by atoms with van der Waals surface area (Å²) in [6, 6.07) is 8.76. The van der Waals surface area contributed by atoms with Crippen molar-refractivity contribution in [1.29, 1.82) is 0 Å². The molecule has 0 heterocycles. The minimum Gasteiger partial charge on any atom is -0.409 e. The summed E-state index contributed by atoms with van der Waals surface area (Å²) in [5.74, 6) is 0.336. The Labute approximate surface area is 114 Å². The Kier molecular flexibility index (Phi) is 4.10. The van der Waals surface area contributed by atoms with Gasteiger partial charge in [0.25, 0.3) is 0 Å². The number of hydrogen-bond acceptors (Lipinski definition) is 3. The van der Waals surface area contributed by atoms with E-state index >= 15 is 0 Å². The maximum atomic E-state index is 8.66. The fourth-order valence-corrected chi connectivity index (χ4v) is 2.56. The van der Waals surface area contributed by atoms with Gasteiger partial charge in [-0.1, -0.05) is 29.4 Å². The van der Waals surface area contributed by atoms with Gasteiger partial charge in [0.05, 0.1) is 0 Å². The lowest BCUT2D eigenvalue weighted by Gasteiger charge is -2.21. The van der Waals surface area contributed by atoms with E-state index < -0.39 is 0 Å². The molecule has 0 aliphatic heterocycles. The van der Waals surface area contributed by atoms with Gasteiger partial charge in [-0.15, -0.1) is 0 Å². The topological polar surface area (TPSA) is 70.6 Å². The molecular weight excluding hydrogens is 238 g/mol. The minimum absolute atomic E-state index is 0.202. The molecule has 1 fully saturated rings. The average Bonchev–Trinajstić information content (AvgIpc) is 3.16. The molecule has 1 atom stereocenters. The first-order valence-electron chi connectivity index (χ1n) is 6.82. The highest BCUT2D eigenvalue weighted by molar-refractivity contribution is 5.80. The number of nitrogens with one attached hydrogen (secondary N) is 1. The molecular formula is C15H23N3O. The normalized spacial score (nSPS) is 19.2. The van der Waals surface area contributed by atoms with Gasteiger partial charge < -0.3 is 16.3 Å². The number of benzene rings is 1. The highest BCUT2D eigenvalue weighted by Crippen LogP contribution is 2.48. The van der Waals surface area contributed by atoms with Crippen LogP contribution in [0.5, 0.6) is 0 Å². The number of hydrogen-bond donors (Lipinski definition) is 3. The lowest BCUT2D eigenvalue weighted by atomic mass is 9.99. The molecule has 0 spiro atoms. The van der Waals surface area contributed by atoms with Crippen LogP contribution in [0.2, 0.25) is 0 Å². The van der Waals surface area contributed by atoms with E-state index in [1.165, 1.54) is 11.1 Å². The van der Waals surface area contributed by atoms with Crippen molar-refractivity contribution in [3.63, 3.8) is 0 Å². The number of nitrogens with two attached hydrogens (primary N) is 1. The van der Waals surface area contributed by atoms with Crippen molar-refractivity contribution in [3.05, 3.63) is 35.4 Å². The summed E-state index contributed by atoms with van der Waals surface area (Å²) in [6.07, 6.45) is 2.98. The van der Waals surface area contributed by atoms with Crippen LogP contribution in [0.25, 0.3) is 0 Å². The molecule has 4 heteroatoms. The van der Waals surface area contributed by atoms with Gasteiger partial charge >= 0.3 is 0 Å². The molecule has 4 nitrogen and oxygen atoms in total. The van der Waals surface area contributed by atoms with Gasteiger partial charge in [0.1, 0.15) is 5.84 Å². The molecule has 1 aliphatic carbocycles. The van der Waals surface area contributed by atoms with Crippen LogP contribution in [-0.4, -0.2) is 17.6 Å². The van der Waals surface area contributed by atoms with Crippen molar-refractivity contribution in [2.45, 2.75) is 39.2 Å². The van der Waals surface area contributed by atoms with Gasteiger partial charge in [-0.05, 0) is 43.2 Å². The van der Waals surface area contributed by atoms with Gasteiger partial charge in [0.15, 0.2) is 0 Å². The molecule has 4 N–H and O–H groups in total. The van der Waals surface area contributed by atoms with Crippen molar-refractivity contribution in [2.24, 2.45) is 16.3 Å². The fraction of sp³-hybridized carbons (Fsp3) is 0.533. The van der Waals surface area contributed by atoms with Gasteiger partial charge in [-0.25, -0.2) is 0 Å². The van der Waals surface area contributed by atoms with Gasteiger partial charge in [-0.3, -0.25) is 0 Å². The largest absolute Gasteiger partial charge is 0.409 e. The second-order valence-corrected chi connectivity index (χ2v) is 5.73. The summed E-state index contributed by atoms with van der Waals surface area (Å²) in [5, 5.41) is 15.3. The first kappa shape index (κ1) is 13.9. The Morgan fingerprint density at radius 1 is 1.47 bits per heavy atom. The third-order valence-corrected chi connectivity index (χ3v) is 4.08. The van der Waals surface area contributed by atoms with E-state index in [1.807, 2.05) is 0 Å². The predicted molar refractivity (Wildman–Crippen MR) is 77.3 cm³/mol. The Morgan fingerprint density at radius 2 is 2.16 bits per heavy atom. The van der Waals surface area contributed by atoms with E-state index in [4.69, 9.17) is 10.9 Å². The van der Waals surface area contributed by atoms with E-state index in [1.54, 1.807) is 0 Å². The molecule has 0 aromatic heterocycles. The SMILES string of the molecule is Cc1ccccc1[C@@H](C)NCC1(C/C(N)=N/O)CC1. The molecule has 0 bridgehead atoms. The monoisotopic (exact) mass is 261 g/mol. The van der Waals surface area contributed by atoms with E-state index in [0.29, 0.717) is 18.3 Å². The lowest BCUT2D eigenvalue weighted by Crippen LogP contribution is -2.30. The van der Waals surface area contributed by atoms with Crippen molar-refractivity contribution in [3.8, 4) is 0 Å². The van der Waals surface area contributed by atoms with Crippen LogP contribution < -0.4 is 11.1 Å². The molecule has 1 aromatic rings. The highest BCUT2D eigenvalue weighted by Gasteiger charge is 2.43. The summed E-state index contributed by atoms with van der Waals surface area (Å²) in [7, 11) is 0. The number of aryl methyl sites for hydroxylation is 1. The summed E-state index contributed by atoms with van der Waals surface area (Å²) < 4.78 is 0. The maximum absolute atomic E-state index is 8.66. The highest BCUT2D eigenvalue weighted by atomic mass is 16.4. The van der Waals surface area contributed by atoms with Gasteiger partial charge in [0, 0.05) is 19.0 Å². The Balaban J connectivity index is 1.91. The van der Waals surface area contributed by atoms with E-state index in [-0.39, 0.29) is 5.41 Å². The van der Waals surface area contributed by atoms with E-state index in [2.05, 4.69) is 48.6 Å². The lowest BCUT2D eigenvalue weighted by molar-refractivity contribution is 0.313. The smallest absolute Gasteiger partial charge is 0.139 e. The van der Waals surface area contributed by atoms with Gasteiger partial charge in [-0.2, -0.15) is 0 Å². The molecule has 1 aliphatic rings.